The summed E-state index contributed by atoms with van der Waals surface area (Å²) in [6.45, 7) is 0. The summed E-state index contributed by atoms with van der Waals surface area (Å²) in [5.74, 6) is -0.611. The van der Waals surface area contributed by atoms with E-state index in [1.165, 1.54) is 7.11 Å². The van der Waals surface area contributed by atoms with Gasteiger partial charge < -0.3 is 9.15 Å². The summed E-state index contributed by atoms with van der Waals surface area (Å²) in [5.41, 5.74) is -0.147. The summed E-state index contributed by atoms with van der Waals surface area (Å²) in [4.78, 5) is 34.9. The molecule has 0 saturated carbocycles. The zero-order valence-electron chi connectivity index (χ0n) is 9.98. The fourth-order valence-electron chi connectivity index (χ4n) is 2.18. The highest BCUT2D eigenvalue weighted by Crippen LogP contribution is 2.26. The van der Waals surface area contributed by atoms with Crippen molar-refractivity contribution in [3.05, 3.63) is 39.7 Å². The van der Waals surface area contributed by atoms with Gasteiger partial charge in [0.25, 0.3) is 5.91 Å². The molecule has 0 atom stereocenters. The number of fused-ring (bicyclic) bond motifs is 3. The lowest BCUT2D eigenvalue weighted by molar-refractivity contribution is -0.119. The second kappa shape index (κ2) is 3.94. The minimum absolute atomic E-state index is 0.0184. The summed E-state index contributed by atoms with van der Waals surface area (Å²) in [5, 5.41) is 2.67. The Morgan fingerprint density at radius 1 is 1.26 bits per heavy atom. The molecule has 2 amide bonds. The van der Waals surface area contributed by atoms with Gasteiger partial charge in [0.2, 0.25) is 5.91 Å². The van der Waals surface area contributed by atoms with E-state index in [0.29, 0.717) is 22.3 Å². The van der Waals surface area contributed by atoms with Gasteiger partial charge in [0.15, 0.2) is 0 Å². The Labute approximate surface area is 107 Å². The van der Waals surface area contributed by atoms with E-state index in [-0.39, 0.29) is 12.0 Å². The fraction of sp³-hybridized carbons (Fsp3) is 0.154. The minimum Gasteiger partial charge on any atom is -0.497 e. The number of amides is 2. The zero-order chi connectivity index (χ0) is 13.6. The van der Waals surface area contributed by atoms with Gasteiger partial charge >= 0.3 is 5.63 Å². The lowest BCUT2D eigenvalue weighted by Crippen LogP contribution is -2.40. The molecule has 96 valence electrons. The van der Waals surface area contributed by atoms with Gasteiger partial charge in [0.05, 0.1) is 13.5 Å². The molecule has 1 aliphatic heterocycles. The highest BCUT2D eigenvalue weighted by atomic mass is 16.5. The standard InChI is InChI=1S/C13H9NO5/c1-18-6-2-3-7-8-5-10(15)14-12(16)11(8)13(17)19-9(7)4-6/h2-4H,5H2,1H3,(H,14,15,16). The molecule has 19 heavy (non-hydrogen) atoms. The minimum atomic E-state index is -0.749. The predicted octanol–water partition coefficient (Wildman–Crippen LogP) is 0.614. The summed E-state index contributed by atoms with van der Waals surface area (Å²) in [6.07, 6.45) is -0.0184. The van der Waals surface area contributed by atoms with E-state index in [0.717, 1.165) is 0 Å². The Balaban J connectivity index is 2.39. The van der Waals surface area contributed by atoms with E-state index < -0.39 is 17.4 Å². The summed E-state index contributed by atoms with van der Waals surface area (Å²) in [6, 6.07) is 4.90. The molecule has 0 aliphatic carbocycles. The smallest absolute Gasteiger partial charge is 0.349 e. The molecule has 0 radical (unpaired) electrons. The van der Waals surface area contributed by atoms with Gasteiger partial charge in [0, 0.05) is 11.5 Å². The van der Waals surface area contributed by atoms with Crippen LogP contribution in [0.2, 0.25) is 0 Å². The van der Waals surface area contributed by atoms with Gasteiger partial charge in [-0.05, 0) is 17.7 Å². The molecule has 6 nitrogen and oxygen atoms in total. The fourth-order valence-corrected chi connectivity index (χ4v) is 2.18. The molecule has 1 aliphatic rings. The number of nitrogens with one attached hydrogen (secondary N) is 1. The quantitative estimate of drug-likeness (QED) is 0.599. The van der Waals surface area contributed by atoms with Crippen LogP contribution in [0.15, 0.2) is 27.4 Å². The zero-order valence-corrected chi connectivity index (χ0v) is 9.98. The number of ether oxygens (including phenoxy) is 1. The third kappa shape index (κ3) is 1.69. The summed E-state index contributed by atoms with van der Waals surface area (Å²) < 4.78 is 10.1. The van der Waals surface area contributed by atoms with Gasteiger partial charge in [0.1, 0.15) is 16.9 Å². The molecule has 0 bridgehead atoms. The number of hydrogen-bond acceptors (Lipinski definition) is 5. The SMILES string of the molecule is COc1ccc2c3c(c(=O)oc2c1)C(=O)NC(=O)C3. The van der Waals surface area contributed by atoms with Gasteiger partial charge in [-0.3, -0.25) is 14.9 Å². The number of carbonyl (C=O) groups is 2. The highest BCUT2D eigenvalue weighted by molar-refractivity contribution is 6.12. The van der Waals surface area contributed by atoms with Crippen LogP contribution >= 0.6 is 0 Å². The topological polar surface area (TPSA) is 85.6 Å². The first-order valence-electron chi connectivity index (χ1n) is 5.58. The third-order valence-electron chi connectivity index (χ3n) is 3.04. The molecule has 2 heterocycles. The first kappa shape index (κ1) is 11.5. The van der Waals surface area contributed by atoms with Gasteiger partial charge in [-0.1, -0.05) is 0 Å². The molecule has 0 fully saturated rings. The molecule has 1 aromatic heterocycles. The van der Waals surface area contributed by atoms with E-state index in [9.17, 15) is 14.4 Å². The van der Waals surface area contributed by atoms with Crippen LogP contribution in [0.1, 0.15) is 15.9 Å². The van der Waals surface area contributed by atoms with Crippen LogP contribution in [0, 0.1) is 0 Å². The van der Waals surface area contributed by atoms with Crippen LogP contribution in [0.4, 0.5) is 0 Å². The van der Waals surface area contributed by atoms with Gasteiger partial charge in [-0.15, -0.1) is 0 Å². The lowest BCUT2D eigenvalue weighted by Gasteiger charge is -2.15. The van der Waals surface area contributed by atoms with Crippen molar-refractivity contribution in [2.75, 3.05) is 7.11 Å². The van der Waals surface area contributed by atoms with Crippen molar-refractivity contribution in [3.8, 4) is 5.75 Å². The van der Waals surface area contributed by atoms with Crippen LogP contribution in [0.3, 0.4) is 0 Å². The molecule has 2 aromatic rings. The molecule has 3 rings (SSSR count). The molecule has 0 spiro atoms. The van der Waals surface area contributed by atoms with Crippen molar-refractivity contribution in [1.29, 1.82) is 0 Å². The van der Waals surface area contributed by atoms with Crippen molar-refractivity contribution in [2.24, 2.45) is 0 Å². The van der Waals surface area contributed by atoms with E-state index in [1.807, 2.05) is 0 Å². The molecular formula is C13H9NO5. The Morgan fingerprint density at radius 3 is 2.79 bits per heavy atom. The molecular weight excluding hydrogens is 250 g/mol. The first-order valence-corrected chi connectivity index (χ1v) is 5.58. The van der Waals surface area contributed by atoms with E-state index >= 15 is 0 Å². The molecule has 1 N–H and O–H groups in total. The van der Waals surface area contributed by atoms with Gasteiger partial charge in [-0.25, -0.2) is 4.79 Å². The monoisotopic (exact) mass is 259 g/mol. The number of benzene rings is 1. The Hall–Kier alpha value is -2.63. The number of methoxy groups -OCH3 is 1. The van der Waals surface area contributed by atoms with Crippen molar-refractivity contribution in [3.63, 3.8) is 0 Å². The average Bonchev–Trinajstić information content (AvgIpc) is 2.37. The van der Waals surface area contributed by atoms with Gasteiger partial charge in [-0.2, -0.15) is 0 Å². The van der Waals surface area contributed by atoms with Crippen LogP contribution in [0.25, 0.3) is 11.0 Å². The highest BCUT2D eigenvalue weighted by Gasteiger charge is 2.28. The molecule has 0 unspecified atom stereocenters. The molecule has 1 aromatic carbocycles. The Bertz CT molecular complexity index is 774. The summed E-state index contributed by atoms with van der Waals surface area (Å²) in [7, 11) is 1.49. The number of rotatable bonds is 1. The van der Waals surface area contributed by atoms with Crippen molar-refractivity contribution in [2.45, 2.75) is 6.42 Å². The lowest BCUT2D eigenvalue weighted by atomic mass is 9.98. The second-order valence-electron chi connectivity index (χ2n) is 4.16. The number of carbonyl (C=O) groups excluding carboxylic acids is 2. The van der Waals surface area contributed by atoms with Crippen molar-refractivity contribution < 1.29 is 18.7 Å². The largest absolute Gasteiger partial charge is 0.497 e. The maximum absolute atomic E-state index is 11.8. The third-order valence-corrected chi connectivity index (χ3v) is 3.04. The number of hydrogen-bond donors (Lipinski definition) is 1. The Kier molecular flexibility index (Phi) is 2.38. The maximum atomic E-state index is 11.8. The van der Waals surface area contributed by atoms with Crippen LogP contribution < -0.4 is 15.7 Å². The molecule has 6 heteroatoms. The normalized spacial score (nSPS) is 14.2. The van der Waals surface area contributed by atoms with Crippen molar-refractivity contribution >= 4 is 22.8 Å². The van der Waals surface area contributed by atoms with Crippen LogP contribution in [0.5, 0.6) is 5.75 Å². The van der Waals surface area contributed by atoms with E-state index in [1.54, 1.807) is 18.2 Å². The van der Waals surface area contributed by atoms with E-state index in [2.05, 4.69) is 5.32 Å². The first-order chi connectivity index (χ1) is 9.10. The van der Waals surface area contributed by atoms with Crippen LogP contribution in [-0.2, 0) is 11.2 Å². The predicted molar refractivity (Wildman–Crippen MR) is 65.2 cm³/mol. The second-order valence-corrected chi connectivity index (χ2v) is 4.16. The van der Waals surface area contributed by atoms with Crippen LogP contribution in [-0.4, -0.2) is 18.9 Å². The Morgan fingerprint density at radius 2 is 2.05 bits per heavy atom. The average molecular weight is 259 g/mol. The number of imide groups is 1. The van der Waals surface area contributed by atoms with Crippen molar-refractivity contribution in [1.82, 2.24) is 5.32 Å². The summed E-state index contributed by atoms with van der Waals surface area (Å²) >= 11 is 0. The van der Waals surface area contributed by atoms with E-state index in [4.69, 9.17) is 9.15 Å². The maximum Gasteiger partial charge on any atom is 0.349 e. The molecule has 0 saturated heterocycles.